The zero-order valence-electron chi connectivity index (χ0n) is 10.9. The highest BCUT2D eigenvalue weighted by atomic mass is 32.1. The Morgan fingerprint density at radius 1 is 1.53 bits per heavy atom. The molecule has 1 saturated heterocycles. The normalized spacial score (nSPS) is 15.4. The van der Waals surface area contributed by atoms with E-state index < -0.39 is 0 Å². The van der Waals surface area contributed by atoms with Crippen LogP contribution in [0.25, 0.3) is 0 Å². The molecule has 1 aliphatic heterocycles. The van der Waals surface area contributed by atoms with E-state index in [-0.39, 0.29) is 5.97 Å². The minimum absolute atomic E-state index is 0.321. The Labute approximate surface area is 116 Å². The highest BCUT2D eigenvalue weighted by molar-refractivity contribution is 7.18. The lowest BCUT2D eigenvalue weighted by molar-refractivity contribution is 0.0530. The molecule has 102 valence electrons. The molecular formula is C13H17N3O2S. The second kappa shape index (κ2) is 6.04. The van der Waals surface area contributed by atoms with Crippen molar-refractivity contribution in [2.24, 2.45) is 0 Å². The Bertz CT molecular complexity index is 513. The van der Waals surface area contributed by atoms with Crippen molar-refractivity contribution in [3.05, 3.63) is 16.0 Å². The molecule has 2 heterocycles. The minimum atomic E-state index is -0.380. The van der Waals surface area contributed by atoms with Gasteiger partial charge in [0.15, 0.2) is 0 Å². The third kappa shape index (κ3) is 2.88. The van der Waals surface area contributed by atoms with Crippen LogP contribution in [0.3, 0.4) is 0 Å². The summed E-state index contributed by atoms with van der Waals surface area (Å²) < 4.78 is 5.03. The second-order valence-electron chi connectivity index (χ2n) is 4.46. The van der Waals surface area contributed by atoms with Crippen molar-refractivity contribution in [3.63, 3.8) is 0 Å². The summed E-state index contributed by atoms with van der Waals surface area (Å²) in [6, 6.07) is 2.11. The average molecular weight is 279 g/mol. The molecular weight excluding hydrogens is 262 g/mol. The van der Waals surface area contributed by atoms with E-state index in [1.807, 2.05) is 0 Å². The van der Waals surface area contributed by atoms with Crippen LogP contribution in [0.15, 0.2) is 0 Å². The fourth-order valence-corrected chi connectivity index (χ4v) is 3.21. The van der Waals surface area contributed by atoms with Crippen LogP contribution in [0, 0.1) is 11.3 Å². The maximum Gasteiger partial charge on any atom is 0.348 e. The van der Waals surface area contributed by atoms with Gasteiger partial charge in [0.2, 0.25) is 0 Å². The lowest BCUT2D eigenvalue weighted by Crippen LogP contribution is -2.20. The van der Waals surface area contributed by atoms with Crippen molar-refractivity contribution in [3.8, 4) is 6.07 Å². The number of rotatable bonds is 4. The number of ether oxygens (including phenoxy) is 1. The SMILES string of the molecule is CCOC(=O)c1sc(N)c(C#N)c1CN1CCCC1. The predicted octanol–water partition coefficient (Wildman–Crippen LogP) is 1.97. The Morgan fingerprint density at radius 2 is 2.21 bits per heavy atom. The van der Waals surface area contributed by atoms with Crippen LogP contribution in [-0.2, 0) is 11.3 Å². The molecule has 0 radical (unpaired) electrons. The van der Waals surface area contributed by atoms with Crippen LogP contribution in [0.4, 0.5) is 5.00 Å². The molecule has 2 N–H and O–H groups in total. The molecule has 1 aromatic rings. The van der Waals surface area contributed by atoms with Crippen molar-refractivity contribution in [2.45, 2.75) is 26.3 Å². The largest absolute Gasteiger partial charge is 0.462 e. The van der Waals surface area contributed by atoms with Crippen LogP contribution in [0.5, 0.6) is 0 Å². The van der Waals surface area contributed by atoms with Crippen LogP contribution < -0.4 is 5.73 Å². The number of nitrogens with two attached hydrogens (primary N) is 1. The van der Waals surface area contributed by atoms with Gasteiger partial charge in [0.1, 0.15) is 15.9 Å². The van der Waals surface area contributed by atoms with E-state index in [4.69, 9.17) is 10.5 Å². The number of anilines is 1. The summed E-state index contributed by atoms with van der Waals surface area (Å²) in [5.74, 6) is -0.380. The molecule has 0 unspecified atom stereocenters. The molecule has 5 nitrogen and oxygen atoms in total. The number of nitrogen functional groups attached to an aromatic ring is 1. The highest BCUT2D eigenvalue weighted by Gasteiger charge is 2.25. The smallest absolute Gasteiger partial charge is 0.348 e. The summed E-state index contributed by atoms with van der Waals surface area (Å²) in [7, 11) is 0. The maximum atomic E-state index is 11.9. The van der Waals surface area contributed by atoms with E-state index >= 15 is 0 Å². The van der Waals surface area contributed by atoms with Gasteiger partial charge in [0.05, 0.1) is 12.2 Å². The molecule has 2 rings (SSSR count). The van der Waals surface area contributed by atoms with Gasteiger partial charge in [-0.05, 0) is 32.9 Å². The standard InChI is InChI=1S/C13H17N3O2S/c1-2-18-13(17)11-10(8-16-5-3-4-6-16)9(7-14)12(15)19-11/h2-6,8,15H2,1H3. The molecule has 0 bridgehead atoms. The number of nitrogens with zero attached hydrogens (tertiary/aromatic N) is 2. The van der Waals surface area contributed by atoms with Crippen molar-refractivity contribution in [2.75, 3.05) is 25.4 Å². The zero-order valence-corrected chi connectivity index (χ0v) is 11.8. The first-order valence-corrected chi connectivity index (χ1v) is 7.19. The topological polar surface area (TPSA) is 79.3 Å². The first kappa shape index (κ1) is 13.8. The third-order valence-corrected chi connectivity index (χ3v) is 4.23. The molecule has 0 spiro atoms. The third-order valence-electron chi connectivity index (χ3n) is 3.19. The number of esters is 1. The number of likely N-dealkylation sites (tertiary alicyclic amines) is 1. The van der Waals surface area contributed by atoms with Crippen molar-refractivity contribution in [1.82, 2.24) is 4.90 Å². The Kier molecular flexibility index (Phi) is 4.40. The second-order valence-corrected chi connectivity index (χ2v) is 5.52. The molecule has 0 atom stereocenters. The van der Waals surface area contributed by atoms with Gasteiger partial charge in [-0.2, -0.15) is 5.26 Å². The Balaban J connectivity index is 2.31. The number of hydrogen-bond acceptors (Lipinski definition) is 6. The summed E-state index contributed by atoms with van der Waals surface area (Å²) in [5.41, 5.74) is 6.99. The van der Waals surface area contributed by atoms with E-state index in [9.17, 15) is 10.1 Å². The molecule has 0 amide bonds. The van der Waals surface area contributed by atoms with Gasteiger partial charge in [-0.1, -0.05) is 0 Å². The van der Waals surface area contributed by atoms with E-state index in [2.05, 4.69) is 11.0 Å². The fourth-order valence-electron chi connectivity index (χ4n) is 2.28. The monoisotopic (exact) mass is 279 g/mol. The van der Waals surface area contributed by atoms with E-state index in [1.165, 1.54) is 0 Å². The number of thiophene rings is 1. The molecule has 19 heavy (non-hydrogen) atoms. The average Bonchev–Trinajstić information content (AvgIpc) is 2.98. The first-order valence-electron chi connectivity index (χ1n) is 6.38. The van der Waals surface area contributed by atoms with Gasteiger partial charge in [-0.15, -0.1) is 11.3 Å². The molecule has 1 fully saturated rings. The molecule has 0 saturated carbocycles. The predicted molar refractivity (Wildman–Crippen MR) is 73.9 cm³/mol. The Hall–Kier alpha value is -1.58. The number of nitriles is 1. The van der Waals surface area contributed by atoms with E-state index in [0.29, 0.717) is 28.6 Å². The van der Waals surface area contributed by atoms with Crippen molar-refractivity contribution in [1.29, 1.82) is 5.26 Å². The summed E-state index contributed by atoms with van der Waals surface area (Å²) in [6.07, 6.45) is 2.33. The van der Waals surface area contributed by atoms with Crippen molar-refractivity contribution < 1.29 is 9.53 Å². The van der Waals surface area contributed by atoms with Gasteiger partial charge in [-0.25, -0.2) is 4.79 Å². The number of carbonyl (C=O) groups excluding carboxylic acids is 1. The van der Waals surface area contributed by atoms with Crippen LogP contribution in [-0.4, -0.2) is 30.6 Å². The van der Waals surface area contributed by atoms with Gasteiger partial charge >= 0.3 is 5.97 Å². The van der Waals surface area contributed by atoms with Crippen LogP contribution in [0.2, 0.25) is 0 Å². The quantitative estimate of drug-likeness (QED) is 0.852. The Morgan fingerprint density at radius 3 is 2.79 bits per heavy atom. The summed E-state index contributed by atoms with van der Waals surface area (Å²) >= 11 is 1.15. The van der Waals surface area contributed by atoms with Gasteiger partial charge in [0, 0.05) is 12.1 Å². The fraction of sp³-hybridized carbons (Fsp3) is 0.538. The van der Waals surface area contributed by atoms with Gasteiger partial charge < -0.3 is 10.5 Å². The maximum absolute atomic E-state index is 11.9. The zero-order chi connectivity index (χ0) is 13.8. The van der Waals surface area contributed by atoms with Gasteiger partial charge in [-0.3, -0.25) is 4.90 Å². The number of hydrogen-bond donors (Lipinski definition) is 1. The van der Waals surface area contributed by atoms with Crippen LogP contribution >= 0.6 is 11.3 Å². The lowest BCUT2D eigenvalue weighted by atomic mass is 10.1. The molecule has 6 heteroatoms. The summed E-state index contributed by atoms with van der Waals surface area (Å²) in [5, 5.41) is 9.61. The number of carbonyl (C=O) groups is 1. The van der Waals surface area contributed by atoms with Crippen LogP contribution in [0.1, 0.15) is 40.6 Å². The van der Waals surface area contributed by atoms with Crippen molar-refractivity contribution >= 4 is 22.3 Å². The molecule has 0 aromatic carbocycles. The lowest BCUT2D eigenvalue weighted by Gasteiger charge is -2.15. The van der Waals surface area contributed by atoms with E-state index in [0.717, 1.165) is 42.8 Å². The van der Waals surface area contributed by atoms with E-state index in [1.54, 1.807) is 6.92 Å². The molecule has 1 aliphatic rings. The highest BCUT2D eigenvalue weighted by Crippen LogP contribution is 2.32. The van der Waals surface area contributed by atoms with Gasteiger partial charge in [0.25, 0.3) is 0 Å². The summed E-state index contributed by atoms with van der Waals surface area (Å²) in [6.45, 7) is 4.69. The summed E-state index contributed by atoms with van der Waals surface area (Å²) in [4.78, 5) is 14.6. The first-order chi connectivity index (χ1) is 9.17. The molecule has 0 aliphatic carbocycles. The minimum Gasteiger partial charge on any atom is -0.462 e. The molecule has 1 aromatic heterocycles.